The van der Waals surface area contributed by atoms with Crippen LogP contribution in [0.4, 0.5) is 0 Å². The maximum Gasteiger partial charge on any atom is 0.146 e. The second-order valence-electron chi connectivity index (χ2n) is 9.84. The minimum Gasteiger partial charge on any atom is -0.497 e. The van der Waals surface area contributed by atoms with Crippen LogP contribution in [0.3, 0.4) is 0 Å². The lowest BCUT2D eigenvalue weighted by atomic mass is 9.56. The number of hydrogen-bond acceptors (Lipinski definition) is 5. The normalized spacial score (nSPS) is 34.8. The van der Waals surface area contributed by atoms with Crippen LogP contribution in [0.15, 0.2) is 41.9 Å². The molecule has 1 unspecified atom stereocenters. The predicted molar refractivity (Wildman–Crippen MR) is 115 cm³/mol. The average Bonchev–Trinajstić information content (AvgIpc) is 3.31. The first-order chi connectivity index (χ1) is 15.1. The van der Waals surface area contributed by atoms with Crippen molar-refractivity contribution in [1.82, 2.24) is 0 Å². The molecule has 1 aromatic carbocycles. The summed E-state index contributed by atoms with van der Waals surface area (Å²) < 4.78 is 24.3. The number of Topliss-reactive ketones (excluding diaryl/α,β-unsaturated/α-hetero) is 1. The fourth-order valence-corrected chi connectivity index (χ4v) is 6.93. The van der Waals surface area contributed by atoms with E-state index in [1.54, 1.807) is 14.2 Å². The van der Waals surface area contributed by atoms with Crippen LogP contribution in [-0.4, -0.2) is 32.2 Å². The van der Waals surface area contributed by atoms with E-state index < -0.39 is 0 Å². The third kappa shape index (κ3) is 2.78. The second kappa shape index (κ2) is 7.04. The summed E-state index contributed by atoms with van der Waals surface area (Å²) in [6, 6.07) is 6.00. The van der Waals surface area contributed by atoms with Gasteiger partial charge in [0.2, 0.25) is 0 Å². The molecule has 1 saturated heterocycles. The molecule has 0 bridgehead atoms. The summed E-state index contributed by atoms with van der Waals surface area (Å²) in [4.78, 5) is 13.8. The number of ether oxygens (including phenoxy) is 4. The zero-order valence-corrected chi connectivity index (χ0v) is 18.3. The summed E-state index contributed by atoms with van der Waals surface area (Å²) in [5, 5.41) is 0. The third-order valence-corrected chi connectivity index (χ3v) is 8.43. The van der Waals surface area contributed by atoms with Crippen molar-refractivity contribution in [2.75, 3.05) is 14.2 Å². The summed E-state index contributed by atoms with van der Waals surface area (Å²) >= 11 is 0. The minimum atomic E-state index is -0.124. The lowest BCUT2D eigenvalue weighted by Gasteiger charge is -2.56. The number of fused-ring (bicyclic) bond motifs is 6. The van der Waals surface area contributed by atoms with Gasteiger partial charge in [0.1, 0.15) is 41.0 Å². The number of methoxy groups -OCH3 is 2. The molecule has 0 radical (unpaired) electrons. The lowest BCUT2D eigenvalue weighted by Crippen LogP contribution is -2.64. The van der Waals surface area contributed by atoms with Crippen LogP contribution in [0.2, 0.25) is 0 Å². The Morgan fingerprint density at radius 1 is 1.03 bits per heavy atom. The van der Waals surface area contributed by atoms with Crippen molar-refractivity contribution in [2.24, 2.45) is 23.2 Å². The van der Waals surface area contributed by atoms with Gasteiger partial charge >= 0.3 is 0 Å². The molecule has 1 aromatic rings. The number of carbonyl (C=O) groups is 1. The molecule has 0 N–H and O–H groups in total. The van der Waals surface area contributed by atoms with Gasteiger partial charge in [-0.1, -0.05) is 18.9 Å². The first kappa shape index (κ1) is 19.3. The van der Waals surface area contributed by atoms with E-state index in [2.05, 4.69) is 12.1 Å². The van der Waals surface area contributed by atoms with E-state index in [0.717, 1.165) is 60.7 Å². The van der Waals surface area contributed by atoms with E-state index in [1.807, 2.05) is 18.2 Å². The fraction of sp³-hybridized carbons (Fsp3) is 0.577. The number of benzene rings is 1. The summed E-state index contributed by atoms with van der Waals surface area (Å²) in [7, 11) is 3.37. The Labute approximate surface area is 183 Å². The van der Waals surface area contributed by atoms with Gasteiger partial charge in [-0.25, -0.2) is 0 Å². The highest BCUT2D eigenvalue weighted by atomic mass is 16.5. The molecule has 31 heavy (non-hydrogen) atoms. The maximum atomic E-state index is 13.8. The zero-order valence-electron chi connectivity index (χ0n) is 18.3. The first-order valence-corrected chi connectivity index (χ1v) is 11.6. The quantitative estimate of drug-likeness (QED) is 0.697. The molecule has 1 spiro atoms. The van der Waals surface area contributed by atoms with Gasteiger partial charge in [0.25, 0.3) is 0 Å². The SMILES string of the molecule is COC1=CCC2C[C@H]3C(=O)[C@H]4Cc5ccc(OC)cc5O[C@@H]4C4(CCCC4)[C@@H]3OC2=C1. The number of allylic oxidation sites excluding steroid dienone is 3. The number of ketones is 1. The Morgan fingerprint density at radius 2 is 1.84 bits per heavy atom. The molecule has 5 aliphatic rings. The van der Waals surface area contributed by atoms with Crippen LogP contribution in [0.1, 0.15) is 44.1 Å². The summed E-state index contributed by atoms with van der Waals surface area (Å²) in [6.45, 7) is 0. The molecule has 2 aliphatic heterocycles. The van der Waals surface area contributed by atoms with Gasteiger partial charge in [-0.15, -0.1) is 0 Å². The minimum absolute atomic E-state index is 0.0395. The van der Waals surface area contributed by atoms with Crippen molar-refractivity contribution in [3.05, 3.63) is 47.4 Å². The molecule has 5 atom stereocenters. The van der Waals surface area contributed by atoms with Crippen molar-refractivity contribution in [3.8, 4) is 11.5 Å². The van der Waals surface area contributed by atoms with Crippen LogP contribution >= 0.6 is 0 Å². The number of hydrogen-bond donors (Lipinski definition) is 0. The monoisotopic (exact) mass is 422 g/mol. The molecule has 3 fully saturated rings. The van der Waals surface area contributed by atoms with Gasteiger partial charge in [0.05, 0.1) is 26.1 Å². The van der Waals surface area contributed by atoms with E-state index in [-0.39, 0.29) is 35.4 Å². The molecule has 0 aromatic heterocycles. The zero-order chi connectivity index (χ0) is 21.2. The Bertz CT molecular complexity index is 970. The van der Waals surface area contributed by atoms with Gasteiger partial charge in [0, 0.05) is 23.5 Å². The first-order valence-electron chi connectivity index (χ1n) is 11.6. The Hall–Kier alpha value is -2.43. The maximum absolute atomic E-state index is 13.8. The van der Waals surface area contributed by atoms with E-state index in [9.17, 15) is 4.79 Å². The van der Waals surface area contributed by atoms with E-state index in [1.165, 1.54) is 12.8 Å². The topological polar surface area (TPSA) is 54.0 Å². The molecule has 5 nitrogen and oxygen atoms in total. The fourth-order valence-electron chi connectivity index (χ4n) is 6.93. The molecule has 164 valence electrons. The molecule has 6 rings (SSSR count). The smallest absolute Gasteiger partial charge is 0.146 e. The van der Waals surface area contributed by atoms with Crippen LogP contribution in [0.5, 0.6) is 11.5 Å². The van der Waals surface area contributed by atoms with Gasteiger partial charge in [-0.2, -0.15) is 0 Å². The summed E-state index contributed by atoms with van der Waals surface area (Å²) in [5.74, 6) is 4.02. The number of rotatable bonds is 2. The van der Waals surface area contributed by atoms with E-state index >= 15 is 0 Å². The van der Waals surface area contributed by atoms with Crippen LogP contribution in [0.25, 0.3) is 0 Å². The van der Waals surface area contributed by atoms with Crippen LogP contribution in [-0.2, 0) is 20.7 Å². The second-order valence-corrected chi connectivity index (χ2v) is 9.84. The average molecular weight is 423 g/mol. The Balaban J connectivity index is 1.41. The van der Waals surface area contributed by atoms with E-state index in [0.29, 0.717) is 5.78 Å². The highest BCUT2D eigenvalue weighted by Gasteiger charge is 2.64. The number of carbonyl (C=O) groups excluding carboxylic acids is 1. The van der Waals surface area contributed by atoms with Crippen molar-refractivity contribution in [2.45, 2.75) is 57.2 Å². The standard InChI is InChI=1S/C26H30O5/c1-28-17-7-5-15-11-19-23(27)20-12-16-6-8-18(29-2)14-22(16)31-25(20)26(9-3-4-10-26)24(19)30-21(15)13-17/h5,7-8,13-14,16,19-20,24-25H,3-4,6,9-12H2,1-2H3/t16?,19-,20+,24+,25-/m1/s1. The molecule has 5 heteroatoms. The lowest BCUT2D eigenvalue weighted by molar-refractivity contribution is -0.185. The van der Waals surface area contributed by atoms with Crippen molar-refractivity contribution < 1.29 is 23.7 Å². The van der Waals surface area contributed by atoms with Crippen LogP contribution in [0, 0.1) is 23.2 Å². The summed E-state index contributed by atoms with van der Waals surface area (Å²) in [6.07, 6.45) is 10.9. The summed E-state index contributed by atoms with van der Waals surface area (Å²) in [5.41, 5.74) is 1.01. The highest BCUT2D eigenvalue weighted by Crippen LogP contribution is 2.59. The molecule has 2 saturated carbocycles. The molecular weight excluding hydrogens is 392 g/mol. The van der Waals surface area contributed by atoms with Crippen molar-refractivity contribution in [3.63, 3.8) is 0 Å². The van der Waals surface area contributed by atoms with Crippen molar-refractivity contribution in [1.29, 1.82) is 0 Å². The largest absolute Gasteiger partial charge is 0.497 e. The van der Waals surface area contributed by atoms with Gasteiger partial charge in [0.15, 0.2) is 0 Å². The molecule has 0 amide bonds. The highest BCUT2D eigenvalue weighted by molar-refractivity contribution is 5.87. The van der Waals surface area contributed by atoms with Gasteiger partial charge in [-0.05, 0) is 49.8 Å². The Kier molecular flexibility index (Phi) is 4.38. The van der Waals surface area contributed by atoms with Crippen molar-refractivity contribution >= 4 is 5.78 Å². The molecule has 2 heterocycles. The van der Waals surface area contributed by atoms with Crippen LogP contribution < -0.4 is 9.47 Å². The third-order valence-electron chi connectivity index (χ3n) is 8.43. The van der Waals surface area contributed by atoms with E-state index in [4.69, 9.17) is 18.9 Å². The predicted octanol–water partition coefficient (Wildman–Crippen LogP) is 4.60. The van der Waals surface area contributed by atoms with Gasteiger partial charge in [-0.3, -0.25) is 4.79 Å². The molecular formula is C26H30O5. The molecule has 3 aliphatic carbocycles. The van der Waals surface area contributed by atoms with Gasteiger partial charge < -0.3 is 18.9 Å². The Morgan fingerprint density at radius 3 is 2.61 bits per heavy atom.